The van der Waals surface area contributed by atoms with E-state index in [2.05, 4.69) is 20.2 Å². The first-order valence-corrected chi connectivity index (χ1v) is 9.96. The number of piperazine rings is 1. The molecule has 2 aromatic heterocycles. The molecule has 1 aromatic carbocycles. The summed E-state index contributed by atoms with van der Waals surface area (Å²) in [5.41, 5.74) is 1.64. The Labute approximate surface area is 175 Å². The lowest BCUT2D eigenvalue weighted by Crippen LogP contribution is -2.51. The molecule has 0 bridgehead atoms. The molecule has 4 rings (SSSR count). The number of hydrogen-bond donors (Lipinski definition) is 1. The van der Waals surface area contributed by atoms with Crippen LogP contribution < -0.4 is 5.32 Å². The summed E-state index contributed by atoms with van der Waals surface area (Å²) in [6.07, 6.45) is 6.75. The summed E-state index contributed by atoms with van der Waals surface area (Å²) < 4.78 is 1.79. The topological polar surface area (TPSA) is 83.4 Å². The predicted octanol–water partition coefficient (Wildman–Crippen LogP) is 1.34. The maximum Gasteiger partial charge on any atom is 0.255 e. The summed E-state index contributed by atoms with van der Waals surface area (Å²) in [6, 6.07) is 13.4. The lowest BCUT2D eigenvalue weighted by Gasteiger charge is -2.34. The van der Waals surface area contributed by atoms with Crippen LogP contribution in [0.1, 0.15) is 15.9 Å². The van der Waals surface area contributed by atoms with Crippen molar-refractivity contribution in [2.75, 3.05) is 32.7 Å². The Morgan fingerprint density at radius 2 is 1.80 bits per heavy atom. The first-order valence-electron chi connectivity index (χ1n) is 9.96. The average molecular weight is 404 g/mol. The van der Waals surface area contributed by atoms with Gasteiger partial charge >= 0.3 is 0 Å². The van der Waals surface area contributed by atoms with E-state index in [0.717, 1.165) is 11.4 Å². The normalized spacial score (nSPS) is 14.5. The average Bonchev–Trinajstić information content (AvgIpc) is 3.34. The van der Waals surface area contributed by atoms with Crippen LogP contribution in [0.3, 0.4) is 0 Å². The van der Waals surface area contributed by atoms with Gasteiger partial charge in [-0.2, -0.15) is 0 Å². The van der Waals surface area contributed by atoms with Crippen molar-refractivity contribution in [1.29, 1.82) is 0 Å². The molecule has 0 saturated carbocycles. The van der Waals surface area contributed by atoms with Crippen molar-refractivity contribution < 1.29 is 9.59 Å². The predicted molar refractivity (Wildman–Crippen MR) is 112 cm³/mol. The van der Waals surface area contributed by atoms with Crippen LogP contribution in [0, 0.1) is 0 Å². The van der Waals surface area contributed by atoms with E-state index >= 15 is 0 Å². The van der Waals surface area contributed by atoms with E-state index in [1.165, 1.54) is 0 Å². The summed E-state index contributed by atoms with van der Waals surface area (Å²) in [7, 11) is 0. The quantitative estimate of drug-likeness (QED) is 0.670. The minimum absolute atomic E-state index is 0.00193. The third-order valence-corrected chi connectivity index (χ3v) is 5.12. The van der Waals surface area contributed by atoms with Gasteiger partial charge in [0.1, 0.15) is 12.1 Å². The van der Waals surface area contributed by atoms with Crippen molar-refractivity contribution in [1.82, 2.24) is 29.7 Å². The highest BCUT2D eigenvalue weighted by Crippen LogP contribution is 2.10. The van der Waals surface area contributed by atoms with Gasteiger partial charge in [-0.15, -0.1) is 0 Å². The fraction of sp³-hybridized carbons (Fsp3) is 0.273. The van der Waals surface area contributed by atoms with Gasteiger partial charge in [-0.1, -0.05) is 30.3 Å². The molecule has 3 heterocycles. The first kappa shape index (κ1) is 19.8. The number of amides is 2. The molecule has 3 aromatic rings. The maximum absolute atomic E-state index is 12.8. The number of carbonyl (C=O) groups is 2. The number of hydrogen-bond acceptors (Lipinski definition) is 5. The number of carbonyl (C=O) groups excluding carboxylic acids is 2. The third-order valence-electron chi connectivity index (χ3n) is 5.12. The van der Waals surface area contributed by atoms with Crippen molar-refractivity contribution in [3.8, 4) is 5.82 Å². The molecule has 0 unspecified atom stereocenters. The van der Waals surface area contributed by atoms with Gasteiger partial charge in [-0.05, 0) is 17.7 Å². The molecular weight excluding hydrogens is 380 g/mol. The van der Waals surface area contributed by atoms with Gasteiger partial charge in [0, 0.05) is 51.3 Å². The molecule has 1 fully saturated rings. The maximum atomic E-state index is 12.8. The molecule has 1 saturated heterocycles. The molecule has 8 heteroatoms. The number of rotatable bonds is 6. The molecule has 8 nitrogen and oxygen atoms in total. The number of nitrogens with zero attached hydrogens (tertiary/aromatic N) is 5. The highest BCUT2D eigenvalue weighted by Gasteiger charge is 2.23. The molecule has 0 spiro atoms. The van der Waals surface area contributed by atoms with Crippen molar-refractivity contribution in [2.45, 2.75) is 6.54 Å². The number of benzene rings is 1. The van der Waals surface area contributed by atoms with Gasteiger partial charge in [-0.3, -0.25) is 19.1 Å². The van der Waals surface area contributed by atoms with Gasteiger partial charge in [0.15, 0.2) is 0 Å². The Morgan fingerprint density at radius 1 is 1.00 bits per heavy atom. The Kier molecular flexibility index (Phi) is 6.14. The summed E-state index contributed by atoms with van der Waals surface area (Å²) >= 11 is 0. The minimum atomic E-state index is -0.0344. The van der Waals surface area contributed by atoms with Crippen molar-refractivity contribution in [3.05, 3.63) is 78.5 Å². The van der Waals surface area contributed by atoms with E-state index in [0.29, 0.717) is 44.8 Å². The first-order chi connectivity index (χ1) is 14.7. The van der Waals surface area contributed by atoms with Crippen molar-refractivity contribution >= 4 is 11.8 Å². The van der Waals surface area contributed by atoms with E-state index in [9.17, 15) is 9.59 Å². The molecular formula is C22H24N6O2. The fourth-order valence-corrected chi connectivity index (χ4v) is 3.41. The molecule has 30 heavy (non-hydrogen) atoms. The Hall–Kier alpha value is -3.52. The van der Waals surface area contributed by atoms with Crippen LogP contribution in [0.4, 0.5) is 0 Å². The summed E-state index contributed by atoms with van der Waals surface area (Å²) in [5.74, 6) is 0.682. The molecule has 2 amide bonds. The Morgan fingerprint density at radius 3 is 2.47 bits per heavy atom. The van der Waals surface area contributed by atoms with Crippen LogP contribution in [0.15, 0.2) is 67.4 Å². The number of pyridine rings is 1. The second-order valence-electron chi connectivity index (χ2n) is 7.21. The number of aromatic nitrogens is 3. The van der Waals surface area contributed by atoms with Crippen LogP contribution in [0.5, 0.6) is 0 Å². The van der Waals surface area contributed by atoms with E-state index in [1.807, 2.05) is 41.3 Å². The minimum Gasteiger partial charge on any atom is -0.351 e. The number of imidazole rings is 1. The van der Waals surface area contributed by atoms with Gasteiger partial charge < -0.3 is 10.2 Å². The zero-order valence-corrected chi connectivity index (χ0v) is 16.6. The van der Waals surface area contributed by atoms with Crippen LogP contribution in [0.25, 0.3) is 5.82 Å². The second-order valence-corrected chi connectivity index (χ2v) is 7.21. The molecule has 1 aliphatic rings. The third kappa shape index (κ3) is 4.90. The molecule has 1 aliphatic heterocycles. The Balaban J connectivity index is 1.24. The second kappa shape index (κ2) is 9.32. The van der Waals surface area contributed by atoms with E-state index in [1.54, 1.807) is 35.6 Å². The van der Waals surface area contributed by atoms with Crippen LogP contribution in [-0.2, 0) is 11.3 Å². The van der Waals surface area contributed by atoms with Gasteiger partial charge in [0.25, 0.3) is 5.91 Å². The van der Waals surface area contributed by atoms with Gasteiger partial charge in [0.2, 0.25) is 5.91 Å². The van der Waals surface area contributed by atoms with Crippen molar-refractivity contribution in [2.24, 2.45) is 0 Å². The highest BCUT2D eigenvalue weighted by molar-refractivity contribution is 5.94. The molecule has 154 valence electrons. The summed E-state index contributed by atoms with van der Waals surface area (Å²) in [6.45, 7) is 3.40. The smallest absolute Gasteiger partial charge is 0.255 e. The van der Waals surface area contributed by atoms with Gasteiger partial charge in [0.05, 0.1) is 12.1 Å². The number of nitrogens with one attached hydrogen (secondary N) is 1. The zero-order valence-electron chi connectivity index (χ0n) is 16.6. The molecule has 0 aliphatic carbocycles. The van der Waals surface area contributed by atoms with Gasteiger partial charge in [-0.25, -0.2) is 9.97 Å². The molecule has 0 atom stereocenters. The van der Waals surface area contributed by atoms with Crippen LogP contribution >= 0.6 is 0 Å². The lowest BCUT2D eigenvalue weighted by atomic mass is 10.2. The monoisotopic (exact) mass is 404 g/mol. The standard InChI is InChI=1S/C22H24N6O2/c29-21(25-14-18-4-2-1-3-5-18)16-26-10-12-27(13-11-26)22(30)19-6-7-20(24-15-19)28-9-8-23-17-28/h1-9,15,17H,10-14,16H2,(H,25,29). The van der Waals surface area contributed by atoms with Crippen molar-refractivity contribution in [3.63, 3.8) is 0 Å². The zero-order chi connectivity index (χ0) is 20.8. The summed E-state index contributed by atoms with van der Waals surface area (Å²) in [4.78, 5) is 37.2. The Bertz CT molecular complexity index is 965. The largest absolute Gasteiger partial charge is 0.351 e. The van der Waals surface area contributed by atoms with E-state index in [4.69, 9.17) is 0 Å². The van der Waals surface area contributed by atoms with Crippen LogP contribution in [-0.4, -0.2) is 68.9 Å². The summed E-state index contributed by atoms with van der Waals surface area (Å²) in [5, 5.41) is 2.95. The van der Waals surface area contributed by atoms with Crippen LogP contribution in [0.2, 0.25) is 0 Å². The highest BCUT2D eigenvalue weighted by atomic mass is 16.2. The van der Waals surface area contributed by atoms with E-state index in [-0.39, 0.29) is 11.8 Å². The lowest BCUT2D eigenvalue weighted by molar-refractivity contribution is -0.122. The molecule has 1 N–H and O–H groups in total. The SMILES string of the molecule is O=C(CN1CCN(C(=O)c2ccc(-n3ccnc3)nc2)CC1)NCc1ccccc1. The molecule has 0 radical (unpaired) electrons. The fourth-order valence-electron chi connectivity index (χ4n) is 3.41. The van der Waals surface area contributed by atoms with E-state index < -0.39 is 0 Å².